The molecule has 0 bridgehead atoms. The molecule has 6 nitrogen and oxygen atoms in total. The zero-order valence-electron chi connectivity index (χ0n) is 16.2. The monoisotopic (exact) mass is 378 g/mol. The molecule has 2 aliphatic rings. The third-order valence-electron chi connectivity index (χ3n) is 4.85. The van der Waals surface area contributed by atoms with Gasteiger partial charge in [0, 0.05) is 6.54 Å². The number of hydrogen-bond donors (Lipinski definition) is 0. The van der Waals surface area contributed by atoms with E-state index < -0.39 is 5.60 Å². The molecule has 0 radical (unpaired) electrons. The number of ether oxygens (including phenoxy) is 1. The Bertz CT molecular complexity index is 955. The topological polar surface area (TPSA) is 66.9 Å². The number of benzene rings is 2. The Morgan fingerprint density at radius 3 is 2.25 bits per heavy atom. The Kier molecular flexibility index (Phi) is 4.22. The predicted molar refractivity (Wildman–Crippen MR) is 106 cm³/mol. The van der Waals surface area contributed by atoms with E-state index in [0.29, 0.717) is 23.4 Å². The van der Waals surface area contributed by atoms with Crippen LogP contribution in [0, 0.1) is 0 Å². The Morgan fingerprint density at radius 1 is 1.00 bits per heavy atom. The lowest BCUT2D eigenvalue weighted by atomic mass is 10.0. The van der Waals surface area contributed by atoms with E-state index in [1.54, 1.807) is 41.3 Å². The summed E-state index contributed by atoms with van der Waals surface area (Å²) in [5.74, 6) is -0.638. The molecule has 0 fully saturated rings. The van der Waals surface area contributed by atoms with Crippen LogP contribution in [0.5, 0.6) is 0 Å². The maximum atomic E-state index is 12.7. The first-order valence-corrected chi connectivity index (χ1v) is 9.37. The van der Waals surface area contributed by atoms with E-state index in [1.807, 2.05) is 26.8 Å². The normalized spacial score (nSPS) is 16.1. The van der Waals surface area contributed by atoms with Crippen molar-refractivity contribution in [3.05, 3.63) is 59.2 Å². The van der Waals surface area contributed by atoms with E-state index in [1.165, 1.54) is 4.90 Å². The van der Waals surface area contributed by atoms with Gasteiger partial charge in [-0.2, -0.15) is 0 Å². The number of fused-ring (bicyclic) bond motifs is 2. The number of hydrogen-bond acceptors (Lipinski definition) is 4. The fourth-order valence-electron chi connectivity index (χ4n) is 3.65. The fraction of sp³-hybridized carbons (Fsp3) is 0.318. The first-order valence-electron chi connectivity index (χ1n) is 9.37. The zero-order valence-corrected chi connectivity index (χ0v) is 16.2. The maximum Gasteiger partial charge on any atom is 0.414 e. The summed E-state index contributed by atoms with van der Waals surface area (Å²) in [4.78, 5) is 40.8. The highest BCUT2D eigenvalue weighted by Crippen LogP contribution is 2.35. The fourth-order valence-corrected chi connectivity index (χ4v) is 3.65. The quantitative estimate of drug-likeness (QED) is 0.699. The molecule has 4 rings (SSSR count). The van der Waals surface area contributed by atoms with Gasteiger partial charge in [0.25, 0.3) is 11.8 Å². The molecule has 0 saturated carbocycles. The Balaban J connectivity index is 1.66. The van der Waals surface area contributed by atoms with Crippen molar-refractivity contribution in [3.8, 4) is 0 Å². The van der Waals surface area contributed by atoms with E-state index in [4.69, 9.17) is 4.74 Å². The number of carbonyl (C=O) groups is 3. The van der Waals surface area contributed by atoms with Crippen LogP contribution in [0.25, 0.3) is 0 Å². The summed E-state index contributed by atoms with van der Waals surface area (Å²) in [6, 6.07) is 12.2. The van der Waals surface area contributed by atoms with Crippen molar-refractivity contribution < 1.29 is 19.1 Å². The lowest BCUT2D eigenvalue weighted by Crippen LogP contribution is -2.40. The summed E-state index contributed by atoms with van der Waals surface area (Å²) in [6.45, 7) is 6.08. The summed E-state index contributed by atoms with van der Waals surface area (Å²) in [5, 5.41) is 0. The molecule has 0 atom stereocenters. The van der Waals surface area contributed by atoms with Crippen LogP contribution in [-0.4, -0.2) is 30.1 Å². The van der Waals surface area contributed by atoms with Gasteiger partial charge in [0.1, 0.15) is 5.60 Å². The number of rotatable bonds is 1. The van der Waals surface area contributed by atoms with Crippen molar-refractivity contribution in [2.75, 3.05) is 16.3 Å². The minimum absolute atomic E-state index is 0.319. The van der Waals surface area contributed by atoms with Gasteiger partial charge in [-0.3, -0.25) is 14.5 Å². The largest absolute Gasteiger partial charge is 0.443 e. The minimum atomic E-state index is -0.575. The van der Waals surface area contributed by atoms with Crippen LogP contribution >= 0.6 is 0 Å². The third-order valence-corrected chi connectivity index (χ3v) is 4.85. The second-order valence-electron chi connectivity index (χ2n) is 8.04. The molecule has 0 unspecified atom stereocenters. The third kappa shape index (κ3) is 3.05. The van der Waals surface area contributed by atoms with Crippen LogP contribution in [0.1, 0.15) is 53.5 Å². The van der Waals surface area contributed by atoms with Crippen LogP contribution in [0.15, 0.2) is 42.5 Å². The maximum absolute atomic E-state index is 12.7. The molecule has 0 aromatic heterocycles. The molecular weight excluding hydrogens is 356 g/mol. The molecule has 2 aromatic rings. The number of nitrogens with zero attached hydrogens (tertiary/aromatic N) is 2. The first-order chi connectivity index (χ1) is 13.3. The highest BCUT2D eigenvalue weighted by molar-refractivity contribution is 6.34. The highest BCUT2D eigenvalue weighted by Gasteiger charge is 2.37. The molecule has 6 heteroatoms. The number of carbonyl (C=O) groups excluding carboxylic acids is 3. The average Bonchev–Trinajstić information content (AvgIpc) is 2.90. The zero-order chi connectivity index (χ0) is 20.1. The van der Waals surface area contributed by atoms with Crippen molar-refractivity contribution in [2.24, 2.45) is 0 Å². The van der Waals surface area contributed by atoms with Crippen LogP contribution in [-0.2, 0) is 11.2 Å². The van der Waals surface area contributed by atoms with Gasteiger partial charge in [-0.1, -0.05) is 12.1 Å². The molecule has 2 aromatic carbocycles. The lowest BCUT2D eigenvalue weighted by Gasteiger charge is -2.32. The summed E-state index contributed by atoms with van der Waals surface area (Å²) in [7, 11) is 0. The van der Waals surface area contributed by atoms with Crippen molar-refractivity contribution in [1.29, 1.82) is 0 Å². The van der Waals surface area contributed by atoms with Crippen LogP contribution in [0.2, 0.25) is 0 Å². The second-order valence-corrected chi connectivity index (χ2v) is 8.04. The molecule has 2 heterocycles. The number of aryl methyl sites for hydroxylation is 1. The standard InChI is InChI=1S/C22H22N2O4/c1-22(2,3)28-21(27)23-12-6-7-14-13-15(10-11-18(14)23)24-19(25)16-8-4-5-9-17(16)20(24)26/h4-5,8-11,13H,6-7,12H2,1-3H3. The summed E-state index contributed by atoms with van der Waals surface area (Å²) < 4.78 is 5.51. The lowest BCUT2D eigenvalue weighted by molar-refractivity contribution is 0.0577. The molecule has 28 heavy (non-hydrogen) atoms. The Morgan fingerprint density at radius 2 is 1.64 bits per heavy atom. The van der Waals surface area contributed by atoms with Crippen LogP contribution in [0.3, 0.4) is 0 Å². The number of imide groups is 1. The Hall–Kier alpha value is -3.15. The molecule has 2 aliphatic heterocycles. The van der Waals surface area contributed by atoms with Gasteiger partial charge in [0.05, 0.1) is 22.5 Å². The van der Waals surface area contributed by atoms with Gasteiger partial charge in [-0.15, -0.1) is 0 Å². The smallest absolute Gasteiger partial charge is 0.414 e. The molecule has 144 valence electrons. The molecule has 3 amide bonds. The van der Waals surface area contributed by atoms with E-state index >= 15 is 0 Å². The number of amides is 3. The van der Waals surface area contributed by atoms with Gasteiger partial charge in [-0.25, -0.2) is 9.69 Å². The van der Waals surface area contributed by atoms with Crippen LogP contribution in [0.4, 0.5) is 16.2 Å². The molecule has 0 saturated heterocycles. The van der Waals surface area contributed by atoms with E-state index in [9.17, 15) is 14.4 Å². The average molecular weight is 378 g/mol. The molecule has 0 spiro atoms. The number of anilines is 2. The summed E-state index contributed by atoms with van der Waals surface area (Å²) in [6.07, 6.45) is 1.17. The van der Waals surface area contributed by atoms with E-state index in [0.717, 1.165) is 24.1 Å². The van der Waals surface area contributed by atoms with Gasteiger partial charge in [-0.05, 0) is 69.5 Å². The summed E-state index contributed by atoms with van der Waals surface area (Å²) >= 11 is 0. The van der Waals surface area contributed by atoms with Gasteiger partial charge in [0.15, 0.2) is 0 Å². The molecule has 0 aliphatic carbocycles. The van der Waals surface area contributed by atoms with Crippen molar-refractivity contribution >= 4 is 29.3 Å². The summed E-state index contributed by atoms with van der Waals surface area (Å²) in [5.41, 5.74) is 2.47. The van der Waals surface area contributed by atoms with E-state index in [-0.39, 0.29) is 17.9 Å². The van der Waals surface area contributed by atoms with Gasteiger partial charge in [0.2, 0.25) is 0 Å². The predicted octanol–water partition coefficient (Wildman–Crippen LogP) is 4.17. The van der Waals surface area contributed by atoms with Crippen molar-refractivity contribution in [2.45, 2.75) is 39.2 Å². The van der Waals surface area contributed by atoms with Gasteiger partial charge < -0.3 is 4.74 Å². The molecular formula is C22H22N2O4. The van der Waals surface area contributed by atoms with Gasteiger partial charge >= 0.3 is 6.09 Å². The molecule has 0 N–H and O–H groups in total. The highest BCUT2D eigenvalue weighted by atomic mass is 16.6. The van der Waals surface area contributed by atoms with Crippen molar-refractivity contribution in [1.82, 2.24) is 0 Å². The first kappa shape index (κ1) is 18.2. The van der Waals surface area contributed by atoms with Crippen molar-refractivity contribution in [3.63, 3.8) is 0 Å². The van der Waals surface area contributed by atoms with E-state index in [2.05, 4.69) is 0 Å². The SMILES string of the molecule is CC(C)(C)OC(=O)N1CCCc2cc(N3C(=O)c4ccccc4C3=O)ccc21. The minimum Gasteiger partial charge on any atom is -0.443 e. The van der Waals surface area contributed by atoms with Crippen LogP contribution < -0.4 is 9.80 Å². The second kappa shape index (κ2) is 6.48. The Labute approximate surface area is 163 Å².